The molecule has 132 valence electrons. The van der Waals surface area contributed by atoms with E-state index in [0.29, 0.717) is 24.5 Å². The summed E-state index contributed by atoms with van der Waals surface area (Å²) in [5.41, 5.74) is 1.57. The Labute approximate surface area is 147 Å². The Balaban J connectivity index is 1.47. The highest BCUT2D eigenvalue weighted by atomic mass is 16.7. The van der Waals surface area contributed by atoms with Crippen molar-refractivity contribution >= 4 is 5.97 Å². The van der Waals surface area contributed by atoms with E-state index in [0.717, 1.165) is 5.56 Å². The molecule has 0 saturated carbocycles. The van der Waals surface area contributed by atoms with Crippen LogP contribution in [0.2, 0.25) is 0 Å². The first-order valence-electron chi connectivity index (χ1n) is 8.27. The Hall–Kier alpha value is -2.37. The van der Waals surface area contributed by atoms with Crippen molar-refractivity contribution in [1.29, 1.82) is 0 Å². The van der Waals surface area contributed by atoms with Gasteiger partial charge >= 0.3 is 5.97 Å². The molecule has 0 N–H and O–H groups in total. The molecule has 2 aromatic rings. The molecule has 5 heteroatoms. The Bertz CT molecular complexity index is 694. The molecule has 1 fully saturated rings. The lowest BCUT2D eigenvalue weighted by molar-refractivity contribution is -0.142. The molecular formula is C20H22O5. The second kappa shape index (κ2) is 7.68. The first kappa shape index (κ1) is 17.5. The van der Waals surface area contributed by atoms with E-state index in [9.17, 15) is 4.79 Å². The predicted molar refractivity (Wildman–Crippen MR) is 92.4 cm³/mol. The molecule has 1 heterocycles. The Morgan fingerprint density at radius 3 is 2.48 bits per heavy atom. The second-order valence-corrected chi connectivity index (χ2v) is 6.35. The van der Waals surface area contributed by atoms with E-state index in [1.807, 2.05) is 44.2 Å². The Kier molecular flexibility index (Phi) is 5.36. The summed E-state index contributed by atoms with van der Waals surface area (Å²) in [5, 5.41) is 0. The number of hydrogen-bond acceptors (Lipinski definition) is 5. The van der Waals surface area contributed by atoms with E-state index in [2.05, 4.69) is 0 Å². The van der Waals surface area contributed by atoms with Crippen molar-refractivity contribution < 1.29 is 23.7 Å². The van der Waals surface area contributed by atoms with Gasteiger partial charge < -0.3 is 18.9 Å². The van der Waals surface area contributed by atoms with Crippen molar-refractivity contribution in [2.45, 2.75) is 32.3 Å². The fraction of sp³-hybridized carbons (Fsp3) is 0.350. The van der Waals surface area contributed by atoms with E-state index >= 15 is 0 Å². The molecule has 1 unspecified atom stereocenters. The molecule has 0 spiro atoms. The monoisotopic (exact) mass is 342 g/mol. The Morgan fingerprint density at radius 2 is 1.84 bits per heavy atom. The average molecular weight is 342 g/mol. The molecule has 0 aliphatic carbocycles. The number of ether oxygens (including phenoxy) is 4. The lowest BCUT2D eigenvalue weighted by Crippen LogP contribution is -2.25. The summed E-state index contributed by atoms with van der Waals surface area (Å²) in [6, 6.07) is 16.8. The normalized spacial score (nSPS) is 18.7. The zero-order valence-corrected chi connectivity index (χ0v) is 14.4. The molecule has 1 aliphatic heterocycles. The van der Waals surface area contributed by atoms with Gasteiger partial charge in [-0.25, -0.2) is 4.79 Å². The fourth-order valence-electron chi connectivity index (χ4n) is 2.53. The van der Waals surface area contributed by atoms with Crippen LogP contribution >= 0.6 is 0 Å². The summed E-state index contributed by atoms with van der Waals surface area (Å²) in [6.07, 6.45) is -0.229. The van der Waals surface area contributed by atoms with E-state index < -0.39 is 5.79 Å². The van der Waals surface area contributed by atoms with Gasteiger partial charge in [-0.05, 0) is 43.7 Å². The van der Waals surface area contributed by atoms with Gasteiger partial charge in [0.2, 0.25) is 0 Å². The van der Waals surface area contributed by atoms with Crippen LogP contribution < -0.4 is 4.74 Å². The zero-order valence-electron chi connectivity index (χ0n) is 14.4. The van der Waals surface area contributed by atoms with Gasteiger partial charge in [0.05, 0.1) is 12.2 Å². The van der Waals surface area contributed by atoms with Gasteiger partial charge in [0.1, 0.15) is 25.1 Å². The molecule has 5 nitrogen and oxygen atoms in total. The first-order valence-corrected chi connectivity index (χ1v) is 8.27. The molecule has 0 amide bonds. The molecule has 0 aromatic heterocycles. The average Bonchev–Trinajstić information content (AvgIpc) is 2.98. The second-order valence-electron chi connectivity index (χ2n) is 6.35. The van der Waals surface area contributed by atoms with Crippen LogP contribution in [0.15, 0.2) is 54.6 Å². The van der Waals surface area contributed by atoms with Crippen LogP contribution in [0, 0.1) is 0 Å². The predicted octanol–water partition coefficient (Wildman–Crippen LogP) is 3.57. The van der Waals surface area contributed by atoms with Crippen LogP contribution in [0.25, 0.3) is 0 Å². The number of carbonyl (C=O) groups excluding carboxylic acids is 1. The van der Waals surface area contributed by atoms with Gasteiger partial charge in [-0.1, -0.05) is 30.3 Å². The Morgan fingerprint density at radius 1 is 1.12 bits per heavy atom. The quantitative estimate of drug-likeness (QED) is 0.751. The van der Waals surface area contributed by atoms with E-state index in [4.69, 9.17) is 18.9 Å². The summed E-state index contributed by atoms with van der Waals surface area (Å²) >= 11 is 0. The third-order valence-corrected chi connectivity index (χ3v) is 3.81. The number of esters is 1. The van der Waals surface area contributed by atoms with Crippen LogP contribution in [0.4, 0.5) is 0 Å². The molecule has 1 atom stereocenters. The zero-order chi connectivity index (χ0) is 17.7. The molecule has 3 rings (SSSR count). The SMILES string of the molecule is CC1(C)OCC(COC(=O)c2ccc(OCc3ccccc3)cc2)O1. The topological polar surface area (TPSA) is 54.0 Å². The van der Waals surface area contributed by atoms with Gasteiger partial charge in [0, 0.05) is 0 Å². The molecule has 1 aliphatic rings. The van der Waals surface area contributed by atoms with Crippen molar-refractivity contribution in [3.8, 4) is 5.75 Å². The molecule has 1 saturated heterocycles. The summed E-state index contributed by atoms with van der Waals surface area (Å²) in [6.45, 7) is 4.76. The number of carbonyl (C=O) groups is 1. The maximum atomic E-state index is 12.1. The molecule has 0 radical (unpaired) electrons. The van der Waals surface area contributed by atoms with Gasteiger partial charge in [-0.3, -0.25) is 0 Å². The highest BCUT2D eigenvalue weighted by Crippen LogP contribution is 2.22. The van der Waals surface area contributed by atoms with E-state index in [1.165, 1.54) is 0 Å². The number of benzene rings is 2. The minimum atomic E-state index is -0.616. The standard InChI is InChI=1S/C20H22O5/c1-20(2)24-14-18(25-20)13-23-19(21)16-8-10-17(11-9-16)22-12-15-6-4-3-5-7-15/h3-11,18H,12-14H2,1-2H3. The highest BCUT2D eigenvalue weighted by molar-refractivity contribution is 5.89. The minimum absolute atomic E-state index is 0.175. The lowest BCUT2D eigenvalue weighted by Gasteiger charge is -2.17. The molecule has 2 aromatic carbocycles. The molecule has 25 heavy (non-hydrogen) atoms. The summed E-state index contributed by atoms with van der Waals surface area (Å²) < 4.78 is 22.0. The van der Waals surface area contributed by atoms with Crippen molar-refractivity contribution in [2.24, 2.45) is 0 Å². The van der Waals surface area contributed by atoms with Gasteiger partial charge in [-0.15, -0.1) is 0 Å². The number of hydrogen-bond donors (Lipinski definition) is 0. The third-order valence-electron chi connectivity index (χ3n) is 3.81. The fourth-order valence-corrected chi connectivity index (χ4v) is 2.53. The van der Waals surface area contributed by atoms with Crippen molar-refractivity contribution in [3.05, 3.63) is 65.7 Å². The summed E-state index contributed by atoms with van der Waals surface area (Å²) in [7, 11) is 0. The third kappa shape index (κ3) is 5.05. The van der Waals surface area contributed by atoms with Crippen LogP contribution in [0.5, 0.6) is 5.75 Å². The van der Waals surface area contributed by atoms with Crippen LogP contribution in [0.1, 0.15) is 29.8 Å². The van der Waals surface area contributed by atoms with Crippen LogP contribution in [0.3, 0.4) is 0 Å². The first-order chi connectivity index (χ1) is 12.0. The van der Waals surface area contributed by atoms with Crippen LogP contribution in [-0.2, 0) is 20.8 Å². The lowest BCUT2D eigenvalue weighted by atomic mass is 10.2. The maximum Gasteiger partial charge on any atom is 0.338 e. The van der Waals surface area contributed by atoms with Crippen molar-refractivity contribution in [2.75, 3.05) is 13.2 Å². The molecule has 0 bridgehead atoms. The van der Waals surface area contributed by atoms with Crippen LogP contribution in [-0.4, -0.2) is 31.1 Å². The highest BCUT2D eigenvalue weighted by Gasteiger charge is 2.33. The minimum Gasteiger partial charge on any atom is -0.489 e. The molecular weight excluding hydrogens is 320 g/mol. The van der Waals surface area contributed by atoms with Crippen molar-refractivity contribution in [1.82, 2.24) is 0 Å². The van der Waals surface area contributed by atoms with Gasteiger partial charge in [-0.2, -0.15) is 0 Å². The number of rotatable bonds is 6. The van der Waals surface area contributed by atoms with E-state index in [-0.39, 0.29) is 18.7 Å². The van der Waals surface area contributed by atoms with Crippen molar-refractivity contribution in [3.63, 3.8) is 0 Å². The summed E-state index contributed by atoms with van der Waals surface area (Å²) in [5.74, 6) is -0.299. The summed E-state index contributed by atoms with van der Waals surface area (Å²) in [4.78, 5) is 12.1. The largest absolute Gasteiger partial charge is 0.489 e. The van der Waals surface area contributed by atoms with Gasteiger partial charge in [0.25, 0.3) is 0 Å². The maximum absolute atomic E-state index is 12.1. The van der Waals surface area contributed by atoms with Gasteiger partial charge in [0.15, 0.2) is 5.79 Å². The van der Waals surface area contributed by atoms with E-state index in [1.54, 1.807) is 24.3 Å². The smallest absolute Gasteiger partial charge is 0.338 e.